The SMILES string of the molecule is [2H]c1c([2H])c([2H])c2c(-c3cccc4c(-c5ccc6c(c5)oc5ccc7ccccc7c56)cccc34)c3c([2H])c([2H])c([2H])c([2H])c3c(-c3ccc4ccccc4c3)c2c1[2H].[2H]c1c([2H])c([2H])c2c(-c3cccc4c(-c5ccc6c(c5)oc5ccc7ccccc7c56)cccc34)c3c([2H])c([2H])c([2H])c([2H])c3c(-c3cccc4ccccc34)c2c1[2H]. The van der Waals surface area contributed by atoms with Crippen LogP contribution in [0.4, 0.5) is 0 Å². The van der Waals surface area contributed by atoms with Crippen LogP contribution >= 0.6 is 0 Å². The third kappa shape index (κ3) is 9.00. The molecule has 0 unspecified atom stereocenters. The Labute approximate surface area is 609 Å². The Hall–Kier alpha value is -13.4. The molecule has 0 spiro atoms. The van der Waals surface area contributed by atoms with Crippen molar-refractivity contribution in [1.82, 2.24) is 0 Å². The van der Waals surface area contributed by atoms with Crippen molar-refractivity contribution >= 4 is 152 Å². The van der Waals surface area contributed by atoms with Crippen LogP contribution in [0.1, 0.15) is 21.9 Å². The third-order valence-corrected chi connectivity index (χ3v) is 20.6. The molecule has 0 fully saturated rings. The van der Waals surface area contributed by atoms with Crippen molar-refractivity contribution in [3.8, 4) is 66.8 Å². The first-order valence-electron chi connectivity index (χ1n) is 41.9. The lowest BCUT2D eigenvalue weighted by atomic mass is 9.83. The summed E-state index contributed by atoms with van der Waals surface area (Å²) < 4.78 is 160. The minimum atomic E-state index is -0.430. The van der Waals surface area contributed by atoms with Crippen LogP contribution in [-0.2, 0) is 0 Å². The summed E-state index contributed by atoms with van der Waals surface area (Å²) in [5.41, 5.74) is 10.4. The molecular formula is C100H60O2. The van der Waals surface area contributed by atoms with E-state index < -0.39 is 48.3 Å². The summed E-state index contributed by atoms with van der Waals surface area (Å²) in [5, 5.41) is 16.9. The maximum Gasteiger partial charge on any atom is 0.136 e. The highest BCUT2D eigenvalue weighted by Gasteiger charge is 2.23. The molecule has 0 atom stereocenters. The molecule has 0 bridgehead atoms. The predicted octanol–water partition coefficient (Wildman–Crippen LogP) is 28.7. The summed E-state index contributed by atoms with van der Waals surface area (Å²) in [7, 11) is 0. The summed E-state index contributed by atoms with van der Waals surface area (Å²) in [6, 6.07) is 81.5. The van der Waals surface area contributed by atoms with Crippen LogP contribution in [0.25, 0.3) is 218 Å². The first kappa shape index (κ1) is 43.8. The van der Waals surface area contributed by atoms with Gasteiger partial charge in [-0.1, -0.05) is 321 Å². The average Bonchev–Trinajstić information content (AvgIpc) is 1.54. The van der Waals surface area contributed by atoms with E-state index in [-0.39, 0.29) is 91.4 Å². The van der Waals surface area contributed by atoms with Crippen molar-refractivity contribution in [2.75, 3.05) is 0 Å². The number of benzene rings is 20. The highest BCUT2D eigenvalue weighted by Crippen LogP contribution is 2.50. The van der Waals surface area contributed by atoms with Gasteiger partial charge in [-0.2, -0.15) is 0 Å². The van der Waals surface area contributed by atoms with Gasteiger partial charge in [-0.05, 0) is 217 Å². The van der Waals surface area contributed by atoms with Gasteiger partial charge in [0.1, 0.15) is 22.3 Å². The number of fused-ring (bicyclic) bond motifs is 18. The first-order valence-corrected chi connectivity index (χ1v) is 33.9. The predicted molar refractivity (Wildman–Crippen MR) is 435 cm³/mol. The van der Waals surface area contributed by atoms with Crippen molar-refractivity contribution in [2.45, 2.75) is 0 Å². The molecule has 0 aliphatic carbocycles. The molecule has 0 aliphatic rings. The minimum absolute atomic E-state index is 0.185. The Morgan fingerprint density at radius 2 is 0.480 bits per heavy atom. The summed E-state index contributed by atoms with van der Waals surface area (Å²) in [6.45, 7) is 0. The van der Waals surface area contributed by atoms with Crippen molar-refractivity contribution in [1.29, 1.82) is 0 Å². The van der Waals surface area contributed by atoms with Crippen LogP contribution in [0.2, 0.25) is 0 Å². The van der Waals surface area contributed by atoms with E-state index in [1.807, 2.05) is 206 Å². The Bertz CT molecular complexity index is 8120. The smallest absolute Gasteiger partial charge is 0.136 e. The van der Waals surface area contributed by atoms with E-state index in [4.69, 9.17) is 19.8 Å². The maximum atomic E-state index is 9.50. The largest absolute Gasteiger partial charge is 0.456 e. The van der Waals surface area contributed by atoms with Crippen LogP contribution in [0.5, 0.6) is 0 Å². The lowest BCUT2D eigenvalue weighted by Crippen LogP contribution is -1.92. The van der Waals surface area contributed by atoms with E-state index in [1.165, 1.54) is 0 Å². The molecule has 20 aromatic carbocycles. The summed E-state index contributed by atoms with van der Waals surface area (Å²) in [6.07, 6.45) is 0. The molecule has 2 heterocycles. The zero-order chi connectivity index (χ0) is 80.9. The molecule has 0 radical (unpaired) electrons. The monoisotopic (exact) mass is 1310 g/mol. The molecule has 2 aromatic heterocycles. The Morgan fingerprint density at radius 3 is 0.922 bits per heavy atom. The maximum absolute atomic E-state index is 9.50. The fourth-order valence-corrected chi connectivity index (χ4v) is 16.1. The third-order valence-electron chi connectivity index (χ3n) is 20.6. The normalized spacial score (nSPS) is 14.1. The van der Waals surface area contributed by atoms with Crippen LogP contribution in [-0.4, -0.2) is 0 Å². The fourth-order valence-electron chi connectivity index (χ4n) is 16.1. The topological polar surface area (TPSA) is 26.3 Å². The standard InChI is InChI=1S/2C50H30O/c1-3-15-34-31(12-1)14-9-24-39(34)48-41-17-5-7-19-43(41)49(44-20-8-6-18-42(44)48)40-25-11-22-37-35(21-10-23-38(37)40)33-26-28-45-47(30-33)51-46-29-27-32-13-2-4-16-36(32)50(45)46;1-2-13-33-29-35(24-23-31(33)11-1)48-41-15-5-7-17-43(41)49(44-18-8-6-16-42(44)48)40-22-10-20-38-36(19-9-21-39(38)40)34-25-27-45-47(30-34)51-46-28-26-32-12-3-4-14-37(32)50(45)46/h2*1-30H/i5D,6D,7D,8D,17D,18D,19D,20D;5D,6D,7D,8D,15D,16D,17D,18D. The average molecular weight is 1310 g/mol. The van der Waals surface area contributed by atoms with Gasteiger partial charge in [-0.3, -0.25) is 0 Å². The molecule has 472 valence electrons. The summed E-state index contributed by atoms with van der Waals surface area (Å²) in [4.78, 5) is 0. The van der Waals surface area contributed by atoms with E-state index >= 15 is 0 Å². The van der Waals surface area contributed by atoms with Crippen LogP contribution in [0.15, 0.2) is 372 Å². The number of hydrogen-bond donors (Lipinski definition) is 0. The number of furan rings is 2. The second-order valence-electron chi connectivity index (χ2n) is 25.9. The van der Waals surface area contributed by atoms with Gasteiger partial charge in [0.05, 0.1) is 21.9 Å². The van der Waals surface area contributed by atoms with Gasteiger partial charge >= 0.3 is 0 Å². The highest BCUT2D eigenvalue weighted by atomic mass is 16.3. The summed E-state index contributed by atoms with van der Waals surface area (Å²) >= 11 is 0. The van der Waals surface area contributed by atoms with Gasteiger partial charge in [0.2, 0.25) is 0 Å². The lowest BCUT2D eigenvalue weighted by Gasteiger charge is -2.20. The van der Waals surface area contributed by atoms with Crippen molar-refractivity contribution in [2.24, 2.45) is 0 Å². The van der Waals surface area contributed by atoms with Gasteiger partial charge in [-0.15, -0.1) is 0 Å². The van der Waals surface area contributed by atoms with E-state index in [2.05, 4.69) is 60.7 Å². The van der Waals surface area contributed by atoms with Gasteiger partial charge in [0, 0.05) is 21.5 Å². The van der Waals surface area contributed by atoms with E-state index in [1.54, 1.807) is 0 Å². The highest BCUT2D eigenvalue weighted by molar-refractivity contribution is 6.28. The van der Waals surface area contributed by atoms with Crippen LogP contribution < -0.4 is 0 Å². The fraction of sp³-hybridized carbons (Fsp3) is 0. The second kappa shape index (κ2) is 23.1. The van der Waals surface area contributed by atoms with E-state index in [0.29, 0.717) is 44.5 Å². The molecule has 0 saturated carbocycles. The van der Waals surface area contributed by atoms with Crippen LogP contribution in [0, 0.1) is 0 Å². The molecule has 2 nitrogen and oxygen atoms in total. The molecule has 0 N–H and O–H groups in total. The Balaban J connectivity index is 0.000000147. The number of hydrogen-bond acceptors (Lipinski definition) is 2. The van der Waals surface area contributed by atoms with Crippen molar-refractivity contribution < 1.29 is 30.8 Å². The molecule has 22 rings (SSSR count). The van der Waals surface area contributed by atoms with Gasteiger partial charge in [0.15, 0.2) is 0 Å². The van der Waals surface area contributed by atoms with E-state index in [9.17, 15) is 11.0 Å². The number of rotatable bonds is 6. The van der Waals surface area contributed by atoms with Gasteiger partial charge in [0.25, 0.3) is 0 Å². The molecule has 2 heteroatoms. The van der Waals surface area contributed by atoms with Crippen molar-refractivity contribution in [3.63, 3.8) is 0 Å². The molecular weight excluding hydrogens is 1230 g/mol. The van der Waals surface area contributed by atoms with Crippen LogP contribution in [0.3, 0.4) is 0 Å². The first-order chi connectivity index (χ1) is 57.3. The Kier molecular flexibility index (Phi) is 9.92. The van der Waals surface area contributed by atoms with Gasteiger partial charge < -0.3 is 8.83 Å². The molecule has 0 aliphatic heterocycles. The Morgan fingerprint density at radius 1 is 0.176 bits per heavy atom. The molecule has 22 aromatic rings. The second-order valence-corrected chi connectivity index (χ2v) is 25.9. The van der Waals surface area contributed by atoms with Gasteiger partial charge in [-0.25, -0.2) is 0 Å². The van der Waals surface area contributed by atoms with Crippen molar-refractivity contribution in [3.05, 3.63) is 364 Å². The minimum Gasteiger partial charge on any atom is -0.456 e. The lowest BCUT2D eigenvalue weighted by molar-refractivity contribution is 0.669. The molecule has 0 saturated heterocycles. The molecule has 0 amide bonds. The quantitative estimate of drug-likeness (QED) is 0.155. The molecule has 102 heavy (non-hydrogen) atoms. The summed E-state index contributed by atoms with van der Waals surface area (Å²) in [5.74, 6) is 0. The zero-order valence-corrected chi connectivity index (χ0v) is 54.2. The van der Waals surface area contributed by atoms with E-state index in [0.717, 1.165) is 131 Å². The zero-order valence-electron chi connectivity index (χ0n) is 70.2.